The lowest BCUT2D eigenvalue weighted by Gasteiger charge is -1.97. The summed E-state index contributed by atoms with van der Waals surface area (Å²) in [5, 5.41) is 0. The Balaban J connectivity index is 3.69. The summed E-state index contributed by atoms with van der Waals surface area (Å²) in [7, 11) is 0. The van der Waals surface area contributed by atoms with Gasteiger partial charge in [0, 0.05) is 5.92 Å². The highest BCUT2D eigenvalue weighted by Crippen LogP contribution is 2.03. The van der Waals surface area contributed by atoms with Crippen molar-refractivity contribution < 1.29 is 4.79 Å². The summed E-state index contributed by atoms with van der Waals surface area (Å²) >= 11 is 0. The minimum Gasteiger partial charge on any atom is -0.290 e. The molecule has 0 aliphatic heterocycles. The van der Waals surface area contributed by atoms with Gasteiger partial charge in [0.15, 0.2) is 0 Å². The van der Waals surface area contributed by atoms with Crippen LogP contribution in [0.4, 0.5) is 0 Å². The second-order valence-electron chi connectivity index (χ2n) is 2.13. The van der Waals surface area contributed by atoms with Crippen LogP contribution < -0.4 is 0 Å². The van der Waals surface area contributed by atoms with Crippen molar-refractivity contribution >= 4 is 6.29 Å². The van der Waals surface area contributed by atoms with Crippen molar-refractivity contribution in [2.75, 3.05) is 0 Å². The molecule has 0 bridgehead atoms. The topological polar surface area (TPSA) is 17.1 Å². The molecule has 1 heteroatoms. The number of rotatable bonds is 5. The fraction of sp³-hybridized carbons (Fsp3) is 0.444. The molecule has 0 N–H and O–H groups in total. The smallest absolute Gasteiger partial charge is 0.205 e. The molecule has 0 aromatic carbocycles. The van der Waals surface area contributed by atoms with E-state index in [4.69, 9.17) is 0 Å². The van der Waals surface area contributed by atoms with Crippen LogP contribution in [0.2, 0.25) is 0 Å². The number of allylic oxidation sites excluding steroid dienone is 3. The van der Waals surface area contributed by atoms with E-state index >= 15 is 0 Å². The number of hydrogen-bond donors (Lipinski definition) is 0. The summed E-state index contributed by atoms with van der Waals surface area (Å²) in [5.74, 6) is -0.0389. The lowest BCUT2D eigenvalue weighted by Crippen LogP contribution is -1.95. The Kier molecular flexibility index (Phi) is 5.74. The Labute approximate surface area is 62.4 Å². The molecule has 1 atom stereocenters. The summed E-state index contributed by atoms with van der Waals surface area (Å²) in [6.07, 6.45) is 9.12. The Morgan fingerprint density at radius 1 is 1.70 bits per heavy atom. The number of hydrogen-bond acceptors (Lipinski definition) is 1. The van der Waals surface area contributed by atoms with Crippen LogP contribution in [0.1, 0.15) is 19.8 Å². The fourth-order valence-electron chi connectivity index (χ4n) is 0.718. The van der Waals surface area contributed by atoms with Crippen molar-refractivity contribution in [3.05, 3.63) is 24.8 Å². The molecule has 10 heavy (non-hydrogen) atoms. The van der Waals surface area contributed by atoms with E-state index in [9.17, 15) is 4.79 Å². The Morgan fingerprint density at radius 2 is 2.40 bits per heavy atom. The van der Waals surface area contributed by atoms with Gasteiger partial charge in [0.05, 0.1) is 0 Å². The van der Waals surface area contributed by atoms with Crippen LogP contribution in [0.15, 0.2) is 24.8 Å². The average Bonchev–Trinajstić information content (AvgIpc) is 1.98. The van der Waals surface area contributed by atoms with Gasteiger partial charge < -0.3 is 0 Å². The molecule has 0 spiro atoms. The predicted octanol–water partition coefficient (Wildman–Crippen LogP) is 2.25. The molecule has 1 unspecified atom stereocenters. The minimum absolute atomic E-state index is 0.0389. The quantitative estimate of drug-likeness (QED) is 0.531. The summed E-state index contributed by atoms with van der Waals surface area (Å²) in [6, 6.07) is 0. The van der Waals surface area contributed by atoms with Gasteiger partial charge in [-0.3, -0.25) is 4.79 Å². The van der Waals surface area contributed by atoms with Crippen LogP contribution >= 0.6 is 0 Å². The first-order valence-corrected chi connectivity index (χ1v) is 3.52. The summed E-state index contributed by atoms with van der Waals surface area (Å²) in [5.41, 5.74) is 0. The third-order valence-corrected chi connectivity index (χ3v) is 1.23. The van der Waals surface area contributed by atoms with Crippen LogP contribution in [0.5, 0.6) is 0 Å². The molecule has 0 aliphatic carbocycles. The molecule has 0 rings (SSSR count). The molecule has 0 aromatic rings. The second-order valence-corrected chi connectivity index (χ2v) is 2.13. The highest BCUT2D eigenvalue weighted by Gasteiger charge is 1.99. The maximum atomic E-state index is 10.2. The van der Waals surface area contributed by atoms with E-state index in [2.05, 4.69) is 6.58 Å². The van der Waals surface area contributed by atoms with Crippen molar-refractivity contribution in [3.63, 3.8) is 0 Å². The Hall–Kier alpha value is -0.850. The molecular formula is C9H13O. The van der Waals surface area contributed by atoms with Crippen LogP contribution in [0, 0.1) is 5.92 Å². The largest absolute Gasteiger partial charge is 0.290 e. The van der Waals surface area contributed by atoms with E-state index in [1.807, 2.05) is 19.3 Å². The van der Waals surface area contributed by atoms with Gasteiger partial charge >= 0.3 is 0 Å². The summed E-state index contributed by atoms with van der Waals surface area (Å²) in [4.78, 5) is 10.2. The molecule has 0 fully saturated rings. The standard InChI is InChI=1S/C9H13O/c1-3-5-7-9(8-10)6-4-2/h3,5,7,9H,1,4,6H2,2H3. The molecule has 55 valence electrons. The third-order valence-electron chi connectivity index (χ3n) is 1.23. The first kappa shape index (κ1) is 9.15. The van der Waals surface area contributed by atoms with Crippen molar-refractivity contribution in [1.29, 1.82) is 0 Å². The van der Waals surface area contributed by atoms with E-state index in [1.165, 1.54) is 0 Å². The zero-order valence-electron chi connectivity index (χ0n) is 6.34. The monoisotopic (exact) mass is 137 g/mol. The van der Waals surface area contributed by atoms with Crippen LogP contribution in [-0.2, 0) is 4.79 Å². The molecule has 1 radical (unpaired) electrons. The molecule has 0 amide bonds. The number of carbonyl (C=O) groups excluding carboxylic acids is 1. The van der Waals surface area contributed by atoms with Gasteiger partial charge in [-0.2, -0.15) is 0 Å². The van der Waals surface area contributed by atoms with Gasteiger partial charge in [-0.25, -0.2) is 0 Å². The van der Waals surface area contributed by atoms with E-state index in [0.29, 0.717) is 0 Å². The molecular weight excluding hydrogens is 124 g/mol. The van der Waals surface area contributed by atoms with Crippen molar-refractivity contribution in [2.24, 2.45) is 5.92 Å². The predicted molar refractivity (Wildman–Crippen MR) is 43.4 cm³/mol. The molecule has 1 nitrogen and oxygen atoms in total. The van der Waals surface area contributed by atoms with Crippen molar-refractivity contribution in [3.8, 4) is 0 Å². The fourth-order valence-corrected chi connectivity index (χ4v) is 0.718. The summed E-state index contributed by atoms with van der Waals surface area (Å²) in [6.45, 7) is 5.56. The third kappa shape index (κ3) is 4.07. The van der Waals surface area contributed by atoms with E-state index in [1.54, 1.807) is 12.2 Å². The highest BCUT2D eigenvalue weighted by molar-refractivity contribution is 5.57. The first-order valence-electron chi connectivity index (χ1n) is 3.52. The van der Waals surface area contributed by atoms with Crippen LogP contribution in [0.3, 0.4) is 0 Å². The molecule has 0 heterocycles. The van der Waals surface area contributed by atoms with Crippen molar-refractivity contribution in [1.82, 2.24) is 0 Å². The van der Waals surface area contributed by atoms with Gasteiger partial charge in [-0.05, 0) is 6.42 Å². The maximum absolute atomic E-state index is 10.2. The van der Waals surface area contributed by atoms with Gasteiger partial charge in [0.2, 0.25) is 6.29 Å². The van der Waals surface area contributed by atoms with Gasteiger partial charge in [-0.15, -0.1) is 0 Å². The normalized spacial score (nSPS) is 13.3. The van der Waals surface area contributed by atoms with Crippen LogP contribution in [0.25, 0.3) is 0 Å². The Bertz CT molecular complexity index is 125. The lowest BCUT2D eigenvalue weighted by molar-refractivity contribution is 0.530. The minimum atomic E-state index is -0.0389. The average molecular weight is 137 g/mol. The van der Waals surface area contributed by atoms with E-state index in [0.717, 1.165) is 12.8 Å². The SMILES string of the molecule is C=CC=CC([C]=O)CCC. The zero-order valence-corrected chi connectivity index (χ0v) is 6.34. The van der Waals surface area contributed by atoms with Gasteiger partial charge in [0.25, 0.3) is 0 Å². The highest BCUT2D eigenvalue weighted by atomic mass is 16.1. The maximum Gasteiger partial charge on any atom is 0.205 e. The van der Waals surface area contributed by atoms with E-state index < -0.39 is 0 Å². The molecule has 0 saturated heterocycles. The molecule has 0 aliphatic rings. The van der Waals surface area contributed by atoms with Gasteiger partial charge in [-0.1, -0.05) is 38.2 Å². The first-order chi connectivity index (χ1) is 4.85. The summed E-state index contributed by atoms with van der Waals surface area (Å²) < 4.78 is 0. The van der Waals surface area contributed by atoms with E-state index in [-0.39, 0.29) is 5.92 Å². The van der Waals surface area contributed by atoms with Gasteiger partial charge in [0.1, 0.15) is 0 Å². The zero-order chi connectivity index (χ0) is 7.82. The lowest BCUT2D eigenvalue weighted by atomic mass is 10.1. The van der Waals surface area contributed by atoms with Crippen LogP contribution in [-0.4, -0.2) is 6.29 Å². The molecule has 0 saturated carbocycles. The molecule has 0 aromatic heterocycles. The Morgan fingerprint density at radius 3 is 2.80 bits per heavy atom. The van der Waals surface area contributed by atoms with Crippen molar-refractivity contribution in [2.45, 2.75) is 19.8 Å². The second kappa shape index (κ2) is 6.27.